The van der Waals surface area contributed by atoms with Gasteiger partial charge < -0.3 is 10.6 Å². The second-order valence-electron chi connectivity index (χ2n) is 7.60. The Morgan fingerprint density at radius 1 is 0.882 bits per heavy atom. The molecule has 34 heavy (non-hydrogen) atoms. The van der Waals surface area contributed by atoms with E-state index in [1.165, 1.54) is 6.07 Å². The van der Waals surface area contributed by atoms with Crippen LogP contribution >= 0.6 is 34.8 Å². The van der Waals surface area contributed by atoms with E-state index in [0.29, 0.717) is 27.0 Å². The second-order valence-corrected chi connectivity index (χ2v) is 8.83. The van der Waals surface area contributed by atoms with Crippen molar-refractivity contribution < 1.29 is 14.4 Å². The zero-order valence-electron chi connectivity index (χ0n) is 17.9. The Bertz CT molecular complexity index is 1340. The van der Waals surface area contributed by atoms with E-state index in [1.54, 1.807) is 37.3 Å². The average molecular weight is 515 g/mol. The van der Waals surface area contributed by atoms with Crippen LogP contribution in [-0.4, -0.2) is 22.6 Å². The monoisotopic (exact) mass is 513 g/mol. The van der Waals surface area contributed by atoms with Crippen LogP contribution in [0.3, 0.4) is 0 Å². The maximum absolute atomic E-state index is 13.0. The lowest BCUT2D eigenvalue weighted by molar-refractivity contribution is -0.138. The third-order valence-electron chi connectivity index (χ3n) is 5.23. The first-order valence-electron chi connectivity index (χ1n) is 10.2. The van der Waals surface area contributed by atoms with Crippen molar-refractivity contribution in [1.82, 2.24) is 4.90 Å². The Labute approximate surface area is 211 Å². The molecule has 3 aromatic carbocycles. The summed E-state index contributed by atoms with van der Waals surface area (Å²) in [5.74, 6) is -1.53. The predicted octanol–water partition coefficient (Wildman–Crippen LogP) is 5.99. The van der Waals surface area contributed by atoms with E-state index in [-0.39, 0.29) is 17.3 Å². The maximum atomic E-state index is 13.0. The molecular formula is C25H18Cl3N3O3. The van der Waals surface area contributed by atoms with Gasteiger partial charge in [0, 0.05) is 16.3 Å². The molecule has 0 unspecified atom stereocenters. The highest BCUT2D eigenvalue weighted by Crippen LogP contribution is 2.30. The van der Waals surface area contributed by atoms with Crippen LogP contribution in [0.1, 0.15) is 21.5 Å². The van der Waals surface area contributed by atoms with Crippen LogP contribution in [0.5, 0.6) is 0 Å². The lowest BCUT2D eigenvalue weighted by atomic mass is 10.1. The molecule has 0 fully saturated rings. The highest BCUT2D eigenvalue weighted by atomic mass is 35.5. The number of hydrogen-bond acceptors (Lipinski definition) is 4. The number of aryl methyl sites for hydroxylation is 1. The number of hydrogen-bond donors (Lipinski definition) is 2. The Kier molecular flexibility index (Phi) is 6.93. The molecule has 0 aliphatic carbocycles. The molecule has 4 rings (SSSR count). The second kappa shape index (κ2) is 9.89. The first kappa shape index (κ1) is 23.8. The zero-order valence-corrected chi connectivity index (χ0v) is 20.1. The van der Waals surface area contributed by atoms with Crippen molar-refractivity contribution in [2.24, 2.45) is 0 Å². The topological polar surface area (TPSA) is 78.5 Å². The number of imide groups is 1. The van der Waals surface area contributed by atoms with E-state index >= 15 is 0 Å². The molecule has 0 atom stereocenters. The fraction of sp³-hybridized carbons (Fsp3) is 0.0800. The number of benzene rings is 3. The molecule has 3 aromatic rings. The number of nitrogens with zero attached hydrogens (tertiary/aromatic N) is 1. The van der Waals surface area contributed by atoms with Gasteiger partial charge in [-0.15, -0.1) is 0 Å². The number of carbonyl (C=O) groups is 3. The van der Waals surface area contributed by atoms with Gasteiger partial charge in [-0.1, -0.05) is 71.2 Å². The summed E-state index contributed by atoms with van der Waals surface area (Å²) >= 11 is 18.3. The minimum atomic E-state index is -0.582. The molecule has 3 amide bonds. The molecule has 1 aliphatic heterocycles. The molecule has 6 nitrogen and oxygen atoms in total. The summed E-state index contributed by atoms with van der Waals surface area (Å²) in [4.78, 5) is 39.5. The van der Waals surface area contributed by atoms with Crippen molar-refractivity contribution in [3.8, 4) is 0 Å². The van der Waals surface area contributed by atoms with Gasteiger partial charge in [0.1, 0.15) is 10.7 Å². The fourth-order valence-corrected chi connectivity index (χ4v) is 4.07. The highest BCUT2D eigenvalue weighted by molar-refractivity contribution is 6.48. The minimum Gasteiger partial charge on any atom is -0.349 e. The third-order valence-corrected chi connectivity index (χ3v) is 6.13. The van der Waals surface area contributed by atoms with Gasteiger partial charge in [-0.05, 0) is 48.4 Å². The number of amides is 3. The van der Waals surface area contributed by atoms with Crippen molar-refractivity contribution in [1.29, 1.82) is 0 Å². The van der Waals surface area contributed by atoms with Gasteiger partial charge in [0.25, 0.3) is 17.7 Å². The summed E-state index contributed by atoms with van der Waals surface area (Å²) in [5.41, 5.74) is 2.69. The molecular weight excluding hydrogens is 497 g/mol. The van der Waals surface area contributed by atoms with Crippen LogP contribution in [0.4, 0.5) is 11.4 Å². The number of halogens is 3. The van der Waals surface area contributed by atoms with E-state index in [9.17, 15) is 14.4 Å². The zero-order chi connectivity index (χ0) is 24.4. The van der Waals surface area contributed by atoms with E-state index in [1.807, 2.05) is 30.3 Å². The minimum absolute atomic E-state index is 0.0380. The first-order chi connectivity index (χ1) is 16.2. The average Bonchev–Trinajstić information content (AvgIpc) is 3.01. The van der Waals surface area contributed by atoms with Crippen molar-refractivity contribution in [2.75, 3.05) is 10.6 Å². The van der Waals surface area contributed by atoms with Crippen LogP contribution in [0.15, 0.2) is 77.5 Å². The lowest BCUT2D eigenvalue weighted by Crippen LogP contribution is -2.31. The van der Waals surface area contributed by atoms with Gasteiger partial charge in [-0.2, -0.15) is 0 Å². The van der Waals surface area contributed by atoms with E-state index < -0.39 is 17.7 Å². The number of anilines is 2. The van der Waals surface area contributed by atoms with Gasteiger partial charge >= 0.3 is 0 Å². The largest absolute Gasteiger partial charge is 0.349 e. The molecule has 9 heteroatoms. The maximum Gasteiger partial charge on any atom is 0.279 e. The molecule has 1 heterocycles. The van der Waals surface area contributed by atoms with Crippen LogP contribution in [0, 0.1) is 6.92 Å². The first-order valence-corrected chi connectivity index (χ1v) is 11.3. The normalized spacial score (nSPS) is 13.5. The quantitative estimate of drug-likeness (QED) is 0.396. The summed E-state index contributed by atoms with van der Waals surface area (Å²) in [6.45, 7) is 1.90. The van der Waals surface area contributed by atoms with Gasteiger partial charge in [-0.3, -0.25) is 19.3 Å². The molecule has 0 saturated carbocycles. The summed E-state index contributed by atoms with van der Waals surface area (Å²) < 4.78 is 0. The van der Waals surface area contributed by atoms with Crippen LogP contribution in [0.2, 0.25) is 10.0 Å². The summed E-state index contributed by atoms with van der Waals surface area (Å²) in [6, 6.07) is 18.8. The number of rotatable bonds is 6. The standard InChI is InChI=1S/C25H18Cl3N3O3/c1-14-7-8-16(23(32)30-19-10-9-17(26)12-18(19)27)11-20(14)29-22-21(28)24(33)31(25(22)34)13-15-5-3-2-4-6-15/h2-12,29H,13H2,1H3,(H,30,32). The molecule has 1 aliphatic rings. The van der Waals surface area contributed by atoms with Crippen molar-refractivity contribution in [3.05, 3.63) is 104 Å². The molecule has 2 N–H and O–H groups in total. The van der Waals surface area contributed by atoms with Crippen molar-refractivity contribution in [2.45, 2.75) is 13.5 Å². The predicted molar refractivity (Wildman–Crippen MR) is 134 cm³/mol. The summed E-state index contributed by atoms with van der Waals surface area (Å²) in [5, 5.41) is 6.22. The van der Waals surface area contributed by atoms with Gasteiger partial charge in [0.2, 0.25) is 0 Å². The molecule has 0 aromatic heterocycles. The smallest absolute Gasteiger partial charge is 0.279 e. The van der Waals surface area contributed by atoms with Gasteiger partial charge in [0.15, 0.2) is 0 Å². The Hall–Kier alpha value is -3.32. The molecule has 0 radical (unpaired) electrons. The van der Waals surface area contributed by atoms with Crippen LogP contribution < -0.4 is 10.6 Å². The van der Waals surface area contributed by atoms with Gasteiger partial charge in [-0.25, -0.2) is 0 Å². The van der Waals surface area contributed by atoms with Gasteiger partial charge in [0.05, 0.1) is 17.3 Å². The Balaban J connectivity index is 1.54. The van der Waals surface area contributed by atoms with Crippen molar-refractivity contribution >= 4 is 63.9 Å². The summed E-state index contributed by atoms with van der Waals surface area (Å²) in [6.07, 6.45) is 0. The third kappa shape index (κ3) is 4.94. The fourth-order valence-electron chi connectivity index (χ4n) is 3.38. The molecule has 0 spiro atoms. The number of carbonyl (C=O) groups excluding carboxylic acids is 3. The van der Waals surface area contributed by atoms with Crippen molar-refractivity contribution in [3.63, 3.8) is 0 Å². The van der Waals surface area contributed by atoms with E-state index in [4.69, 9.17) is 34.8 Å². The lowest BCUT2D eigenvalue weighted by Gasteiger charge is -2.16. The SMILES string of the molecule is Cc1ccc(C(=O)Nc2ccc(Cl)cc2Cl)cc1NC1=C(Cl)C(=O)N(Cc2ccccc2)C1=O. The van der Waals surface area contributed by atoms with Crippen LogP contribution in [-0.2, 0) is 16.1 Å². The Morgan fingerprint density at radius 3 is 2.32 bits per heavy atom. The van der Waals surface area contributed by atoms with Crippen LogP contribution in [0.25, 0.3) is 0 Å². The van der Waals surface area contributed by atoms with E-state index in [2.05, 4.69) is 10.6 Å². The Morgan fingerprint density at radius 2 is 1.62 bits per heavy atom. The molecule has 0 saturated heterocycles. The number of nitrogens with one attached hydrogen (secondary N) is 2. The summed E-state index contributed by atoms with van der Waals surface area (Å²) in [7, 11) is 0. The molecule has 0 bridgehead atoms. The highest BCUT2D eigenvalue weighted by Gasteiger charge is 2.38. The van der Waals surface area contributed by atoms with E-state index in [0.717, 1.165) is 16.0 Å². The molecule has 172 valence electrons.